The summed E-state index contributed by atoms with van der Waals surface area (Å²) in [5.41, 5.74) is 2.97. The third-order valence-electron chi connectivity index (χ3n) is 10.7. The molecule has 12 nitrogen and oxygen atoms in total. The van der Waals surface area contributed by atoms with Gasteiger partial charge in [-0.3, -0.25) is 0 Å². The fourth-order valence-corrected chi connectivity index (χ4v) is 10.1. The molecular formula is C34H68B2Cl4N12Ti2. The van der Waals surface area contributed by atoms with E-state index in [-0.39, 0.29) is 14.2 Å². The van der Waals surface area contributed by atoms with Crippen LogP contribution in [0.5, 0.6) is 0 Å². The van der Waals surface area contributed by atoms with Crippen molar-refractivity contribution in [2.45, 2.75) is 44.8 Å². The van der Waals surface area contributed by atoms with Gasteiger partial charge in [-0.05, 0) is 70.2 Å². The minimum Gasteiger partial charge on any atom is -0.303 e. The molecule has 5 rings (SSSR count). The van der Waals surface area contributed by atoms with Gasteiger partial charge in [0.2, 0.25) is 0 Å². The molecule has 4 aliphatic heterocycles. The summed E-state index contributed by atoms with van der Waals surface area (Å²) in [5, 5.41) is 0. The molecular weight excluding hydrogens is 836 g/mol. The summed E-state index contributed by atoms with van der Waals surface area (Å²) in [6.07, 6.45) is 3.90. The minimum absolute atomic E-state index is 0.0139. The van der Waals surface area contributed by atoms with E-state index >= 15 is 0 Å². The van der Waals surface area contributed by atoms with Gasteiger partial charge >= 0.3 is 198 Å². The molecule has 1 aromatic carbocycles. The van der Waals surface area contributed by atoms with Gasteiger partial charge < -0.3 is 29.4 Å². The standard InChI is InChI=1S/C10H14BN3.2C10H23N3.C4H8BN3.4ClH.2Ti/c1-8(2)14-10-7-5-4-6-9(10)13(3)11(14)12;2*1-10(11(2)3)8-12(4)6-7-13(5)9-10;1-7-3-4-8(2)5(7)6;;;;;;/h4-8H,1-3H3;2*6-9H2,1-5H3;3-4H,1-2H3;4*1H;;/q;;;;;;;;2*+2/p-4. The number of likely N-dealkylation sites (N-methyl/N-ethyl adjacent to an activating group) is 6. The number of hydrogen-bond acceptors (Lipinski definition) is 12. The van der Waals surface area contributed by atoms with Crippen molar-refractivity contribution in [3.8, 4) is 0 Å². The Morgan fingerprint density at radius 2 is 0.944 bits per heavy atom. The molecule has 0 saturated carbocycles. The molecule has 0 atom stereocenters. The van der Waals surface area contributed by atoms with Gasteiger partial charge in [0.25, 0.3) is 0 Å². The van der Waals surface area contributed by atoms with E-state index in [9.17, 15) is 0 Å². The van der Waals surface area contributed by atoms with Crippen molar-refractivity contribution >= 4 is 62.8 Å². The maximum atomic E-state index is 5.95. The van der Waals surface area contributed by atoms with Crippen LogP contribution in [0.2, 0.25) is 0 Å². The second kappa shape index (κ2) is 23.1. The van der Waals surface area contributed by atoms with Crippen molar-refractivity contribution in [1.29, 1.82) is 0 Å². The van der Waals surface area contributed by atoms with Crippen molar-refractivity contribution in [2.24, 2.45) is 6.66 Å². The van der Waals surface area contributed by atoms with E-state index in [1.807, 2.05) is 55.3 Å². The number of para-hydroxylation sites is 2. The molecule has 0 bridgehead atoms. The Bertz CT molecular complexity index is 1320. The van der Waals surface area contributed by atoms with Gasteiger partial charge in [0.05, 0.1) is 0 Å². The van der Waals surface area contributed by atoms with E-state index in [0.29, 0.717) is 17.1 Å². The van der Waals surface area contributed by atoms with E-state index < -0.39 is 31.1 Å². The molecule has 0 amide bonds. The van der Waals surface area contributed by atoms with Gasteiger partial charge in [-0.15, -0.1) is 0 Å². The quantitative estimate of drug-likeness (QED) is 0.367. The second-order valence-corrected chi connectivity index (χ2v) is 26.2. The first-order chi connectivity index (χ1) is 25.0. The fourth-order valence-electron chi connectivity index (χ4n) is 7.11. The van der Waals surface area contributed by atoms with Crippen molar-refractivity contribution in [2.75, 3.05) is 140 Å². The molecule has 54 heavy (non-hydrogen) atoms. The van der Waals surface area contributed by atoms with Gasteiger partial charge in [-0.25, -0.2) is 0 Å². The predicted molar refractivity (Wildman–Crippen MR) is 231 cm³/mol. The smallest absolute Gasteiger partial charge is 0.0428 e. The van der Waals surface area contributed by atoms with Gasteiger partial charge in [0.15, 0.2) is 0 Å². The van der Waals surface area contributed by atoms with E-state index in [0.717, 1.165) is 26.2 Å². The molecule has 0 N–H and O–H groups in total. The third-order valence-corrected chi connectivity index (χ3v) is 13.7. The third kappa shape index (κ3) is 15.4. The van der Waals surface area contributed by atoms with Crippen molar-refractivity contribution in [3.63, 3.8) is 0 Å². The summed E-state index contributed by atoms with van der Waals surface area (Å²) < 4.78 is 8.75. The number of halogens is 4. The number of hydrogen-bond donors (Lipinski definition) is 0. The van der Waals surface area contributed by atoms with E-state index in [1.165, 1.54) is 37.6 Å². The molecule has 2 fully saturated rings. The predicted octanol–water partition coefficient (Wildman–Crippen LogP) is 5.24. The number of nitrogens with zero attached hydrogens (tertiary/aromatic N) is 12. The summed E-state index contributed by atoms with van der Waals surface area (Å²) in [6, 6.07) is 8.66. The molecule has 0 aliphatic carbocycles. The van der Waals surface area contributed by atoms with Crippen LogP contribution in [0.1, 0.15) is 27.7 Å². The van der Waals surface area contributed by atoms with Crippen molar-refractivity contribution in [1.82, 2.24) is 39.0 Å². The molecule has 20 heteroatoms. The molecule has 0 radical (unpaired) electrons. The topological polar surface area (TPSA) is 57.1 Å². The zero-order chi connectivity index (χ0) is 41.1. The molecule has 2 saturated heterocycles. The van der Waals surface area contributed by atoms with Crippen LogP contribution in [-0.2, 0) is 31.1 Å². The van der Waals surface area contributed by atoms with Gasteiger partial charge in [-0.2, -0.15) is 0 Å². The first-order valence-electron chi connectivity index (χ1n) is 18.6. The monoisotopic (exact) mass is 902 g/mol. The van der Waals surface area contributed by atoms with Crippen molar-refractivity contribution < 1.29 is 31.1 Å². The van der Waals surface area contributed by atoms with Crippen LogP contribution < -0.4 is 9.62 Å². The summed E-state index contributed by atoms with van der Waals surface area (Å²) >= 11 is -4.34. The Kier molecular flexibility index (Phi) is 21.6. The average Bonchev–Trinajstić information content (AvgIpc) is 3.40. The van der Waals surface area contributed by atoms with Crippen molar-refractivity contribution in [3.05, 3.63) is 36.7 Å². The first-order valence-corrected chi connectivity index (χ1v) is 28.6. The molecule has 306 valence electrons. The molecule has 1 aromatic rings. The van der Waals surface area contributed by atoms with E-state index in [2.05, 4.69) is 142 Å². The molecule has 4 heterocycles. The number of benzene rings is 1. The van der Waals surface area contributed by atoms with E-state index in [4.69, 9.17) is 37.2 Å². The molecule has 0 spiro atoms. The summed E-state index contributed by atoms with van der Waals surface area (Å²) in [6.45, 7) is 18.3. The Hall–Kier alpha value is 0.238. The Balaban J connectivity index is 0.000000252. The van der Waals surface area contributed by atoms with Crippen LogP contribution in [0, 0.1) is 0 Å². The number of anilines is 2. The molecule has 0 unspecified atom stereocenters. The maximum Gasteiger partial charge on any atom is 0.0428 e. The van der Waals surface area contributed by atoms with Gasteiger partial charge in [0, 0.05) is 63.4 Å². The van der Waals surface area contributed by atoms with Crippen LogP contribution in [0.4, 0.5) is 11.4 Å². The zero-order valence-corrected chi connectivity index (χ0v) is 41.9. The Morgan fingerprint density at radius 1 is 0.611 bits per heavy atom. The fraction of sp³-hybridized carbons (Fsp3) is 0.765. The Labute approximate surface area is 357 Å². The first kappa shape index (κ1) is 50.4. The van der Waals surface area contributed by atoms with Crippen LogP contribution in [0.15, 0.2) is 43.3 Å². The normalized spacial score (nSPS) is 20.5. The zero-order valence-electron chi connectivity index (χ0n) is 35.7. The largest absolute Gasteiger partial charge is 0.303 e. The van der Waals surface area contributed by atoms with Crippen LogP contribution in [-0.4, -0.2) is 200 Å². The van der Waals surface area contributed by atoms with E-state index in [1.54, 1.807) is 0 Å². The summed E-state index contributed by atoms with van der Waals surface area (Å²) in [4.78, 5) is 22.7. The van der Waals surface area contributed by atoms with Gasteiger partial charge in [-0.1, -0.05) is 0 Å². The summed E-state index contributed by atoms with van der Waals surface area (Å²) in [7, 11) is 46.7. The maximum absolute atomic E-state index is 5.95. The molecule has 4 aliphatic rings. The number of rotatable bonds is 5. The average molecular weight is 904 g/mol. The van der Waals surface area contributed by atoms with Gasteiger partial charge in [0.1, 0.15) is 0 Å². The molecule has 0 aromatic heterocycles. The Morgan fingerprint density at radius 3 is 1.26 bits per heavy atom. The minimum atomic E-state index is -2.24. The second-order valence-electron chi connectivity index (χ2n) is 16.4. The van der Waals surface area contributed by atoms with Crippen LogP contribution in [0.25, 0.3) is 0 Å². The number of fused-ring (bicyclic) bond motifs is 1. The van der Waals surface area contributed by atoms with Crippen LogP contribution >= 0.6 is 37.2 Å². The SMILES string of the molecule is CC(C)N1B([N]=[Ti]([Cl])[Cl])N(C)c2ccccc21.CN1C=CN(C)B1[N]=[Ti]([Cl])[Cl].CN1CCN(C)CC(C)(N(C)C)C1.CN1CCN(C)CC(C)(N(C)C)C1. The van der Waals surface area contributed by atoms with Crippen LogP contribution in [0.3, 0.4) is 0 Å². The summed E-state index contributed by atoms with van der Waals surface area (Å²) in [5.74, 6) is 0.